The molecule has 2 rings (SSSR count). The summed E-state index contributed by atoms with van der Waals surface area (Å²) < 4.78 is 11.0. The highest BCUT2D eigenvalue weighted by atomic mass is 16.6. The molecule has 2 saturated heterocycles. The number of hydrogen-bond donors (Lipinski definition) is 0. The standard InChI is InChI=1S/C16H29N3O4/c1-15(2,3)22-13(20)18-11-8-12(10-17(7)9-11)19(18)14(21)23-16(4,5)6/h11-12H,8-10H2,1-7H3. The van der Waals surface area contributed by atoms with Crippen LogP contribution < -0.4 is 0 Å². The molecule has 0 aliphatic carbocycles. The van der Waals surface area contributed by atoms with E-state index in [0.29, 0.717) is 0 Å². The van der Waals surface area contributed by atoms with Crippen molar-refractivity contribution in [2.24, 2.45) is 0 Å². The van der Waals surface area contributed by atoms with E-state index < -0.39 is 23.4 Å². The molecule has 2 amide bonds. The van der Waals surface area contributed by atoms with E-state index in [0.717, 1.165) is 19.5 Å². The van der Waals surface area contributed by atoms with Crippen molar-refractivity contribution in [1.29, 1.82) is 0 Å². The number of likely N-dealkylation sites (N-methyl/N-ethyl adjacent to an activating group) is 1. The Labute approximate surface area is 138 Å². The van der Waals surface area contributed by atoms with Gasteiger partial charge in [-0.1, -0.05) is 0 Å². The number of hydrogen-bond acceptors (Lipinski definition) is 5. The minimum atomic E-state index is -0.612. The van der Waals surface area contributed by atoms with Crippen LogP contribution in [0.15, 0.2) is 0 Å². The first kappa shape index (κ1) is 17.8. The molecule has 132 valence electrons. The van der Waals surface area contributed by atoms with Crippen LogP contribution in [0.25, 0.3) is 0 Å². The third-order valence-corrected chi connectivity index (χ3v) is 3.67. The Morgan fingerprint density at radius 2 is 1.17 bits per heavy atom. The maximum atomic E-state index is 12.6. The van der Waals surface area contributed by atoms with Gasteiger partial charge in [0.25, 0.3) is 0 Å². The summed E-state index contributed by atoms with van der Waals surface area (Å²) in [6, 6.07) is -0.137. The van der Waals surface area contributed by atoms with E-state index in [4.69, 9.17) is 9.47 Å². The SMILES string of the molecule is CN1CC2CC(C1)N(C(=O)OC(C)(C)C)N2C(=O)OC(C)(C)C. The molecule has 0 radical (unpaired) electrons. The average molecular weight is 327 g/mol. The van der Waals surface area contributed by atoms with Crippen LogP contribution in [0.2, 0.25) is 0 Å². The first-order chi connectivity index (χ1) is 10.4. The lowest BCUT2D eigenvalue weighted by Crippen LogP contribution is -2.53. The highest BCUT2D eigenvalue weighted by molar-refractivity contribution is 5.76. The van der Waals surface area contributed by atoms with Crippen molar-refractivity contribution in [3.05, 3.63) is 0 Å². The molecular formula is C16H29N3O4. The van der Waals surface area contributed by atoms with Crippen LogP contribution in [0.5, 0.6) is 0 Å². The van der Waals surface area contributed by atoms with Gasteiger partial charge in [0.05, 0.1) is 12.1 Å². The van der Waals surface area contributed by atoms with Crippen molar-refractivity contribution in [1.82, 2.24) is 14.9 Å². The molecule has 2 heterocycles. The lowest BCUT2D eigenvalue weighted by molar-refractivity contribution is -0.0583. The molecule has 2 atom stereocenters. The molecule has 23 heavy (non-hydrogen) atoms. The first-order valence-electron chi connectivity index (χ1n) is 8.10. The summed E-state index contributed by atoms with van der Waals surface area (Å²) in [6.07, 6.45) is -0.236. The van der Waals surface area contributed by atoms with Gasteiger partial charge in [0.15, 0.2) is 0 Å². The second kappa shape index (κ2) is 5.85. The Morgan fingerprint density at radius 1 is 0.826 bits per heavy atom. The number of likely N-dealkylation sites (tertiary alicyclic amines) is 1. The number of hydrazine groups is 1. The largest absolute Gasteiger partial charge is 0.442 e. The Balaban J connectivity index is 2.24. The van der Waals surface area contributed by atoms with Crippen molar-refractivity contribution in [2.75, 3.05) is 20.1 Å². The molecule has 0 aromatic carbocycles. The fourth-order valence-corrected chi connectivity index (χ4v) is 3.05. The van der Waals surface area contributed by atoms with E-state index in [9.17, 15) is 9.59 Å². The van der Waals surface area contributed by atoms with Crippen LogP contribution in [0, 0.1) is 0 Å². The quantitative estimate of drug-likeness (QED) is 0.684. The van der Waals surface area contributed by atoms with E-state index in [1.165, 1.54) is 10.0 Å². The molecule has 0 N–H and O–H groups in total. The summed E-state index contributed by atoms with van der Waals surface area (Å²) in [4.78, 5) is 27.4. The lowest BCUT2D eigenvalue weighted by Gasteiger charge is -2.34. The number of fused-ring (bicyclic) bond motifs is 2. The third-order valence-electron chi connectivity index (χ3n) is 3.67. The molecule has 0 spiro atoms. The maximum absolute atomic E-state index is 12.6. The number of ether oxygens (including phenoxy) is 2. The Kier molecular flexibility index (Phi) is 4.54. The first-order valence-corrected chi connectivity index (χ1v) is 8.10. The van der Waals surface area contributed by atoms with Gasteiger partial charge >= 0.3 is 12.2 Å². The van der Waals surface area contributed by atoms with Gasteiger partial charge in [-0.15, -0.1) is 0 Å². The molecule has 2 aliphatic heterocycles. The van der Waals surface area contributed by atoms with Crippen molar-refractivity contribution in [2.45, 2.75) is 71.2 Å². The molecular weight excluding hydrogens is 298 g/mol. The normalized spacial score (nSPS) is 25.5. The molecule has 0 aromatic heterocycles. The predicted octanol–water partition coefficient (Wildman–Crippen LogP) is 2.46. The number of carbonyl (C=O) groups is 2. The summed E-state index contributed by atoms with van der Waals surface area (Å²) in [5.41, 5.74) is -1.22. The van der Waals surface area contributed by atoms with Gasteiger partial charge in [0, 0.05) is 13.1 Å². The number of rotatable bonds is 0. The third kappa shape index (κ3) is 4.28. The summed E-state index contributed by atoms with van der Waals surface area (Å²) in [5.74, 6) is 0. The Bertz CT molecular complexity index is 439. The zero-order chi connectivity index (χ0) is 17.6. The molecule has 2 fully saturated rings. The fourth-order valence-electron chi connectivity index (χ4n) is 3.05. The van der Waals surface area contributed by atoms with Crippen LogP contribution in [0.4, 0.5) is 9.59 Å². The summed E-state index contributed by atoms with van der Waals surface area (Å²) in [7, 11) is 1.99. The van der Waals surface area contributed by atoms with Gasteiger partial charge in [-0.25, -0.2) is 19.6 Å². The van der Waals surface area contributed by atoms with Gasteiger partial charge in [0.1, 0.15) is 11.2 Å². The second-order valence-electron chi connectivity index (χ2n) is 8.41. The van der Waals surface area contributed by atoms with Crippen molar-refractivity contribution in [3.63, 3.8) is 0 Å². The Morgan fingerprint density at radius 3 is 1.48 bits per heavy atom. The molecule has 0 saturated carbocycles. The smallest absolute Gasteiger partial charge is 0.429 e. The molecule has 2 bridgehead atoms. The molecule has 0 aromatic rings. The van der Waals surface area contributed by atoms with E-state index in [2.05, 4.69) is 4.90 Å². The van der Waals surface area contributed by atoms with E-state index in [-0.39, 0.29) is 12.1 Å². The van der Waals surface area contributed by atoms with Crippen molar-refractivity contribution in [3.8, 4) is 0 Å². The van der Waals surface area contributed by atoms with Crippen LogP contribution in [0.3, 0.4) is 0 Å². The molecule has 7 heteroatoms. The van der Waals surface area contributed by atoms with Crippen molar-refractivity contribution < 1.29 is 19.1 Å². The van der Waals surface area contributed by atoms with Gasteiger partial charge in [-0.3, -0.25) is 0 Å². The topological polar surface area (TPSA) is 62.3 Å². The zero-order valence-corrected chi connectivity index (χ0v) is 15.3. The highest BCUT2D eigenvalue weighted by Gasteiger charge is 2.51. The second-order valence-corrected chi connectivity index (χ2v) is 8.41. The van der Waals surface area contributed by atoms with Crippen LogP contribution >= 0.6 is 0 Å². The Hall–Kier alpha value is -1.50. The van der Waals surface area contributed by atoms with Gasteiger partial charge in [0.2, 0.25) is 0 Å². The predicted molar refractivity (Wildman–Crippen MR) is 85.8 cm³/mol. The number of amides is 2. The maximum Gasteiger partial charge on any atom is 0.429 e. The minimum absolute atomic E-state index is 0.0684. The number of piperidine rings is 1. The average Bonchev–Trinajstić information content (AvgIpc) is 2.55. The van der Waals surface area contributed by atoms with E-state index >= 15 is 0 Å². The van der Waals surface area contributed by atoms with E-state index in [1.807, 2.05) is 48.6 Å². The molecule has 2 unspecified atom stereocenters. The number of carbonyl (C=O) groups excluding carboxylic acids is 2. The minimum Gasteiger partial charge on any atom is -0.442 e. The zero-order valence-electron chi connectivity index (χ0n) is 15.3. The van der Waals surface area contributed by atoms with E-state index in [1.54, 1.807) is 0 Å². The number of nitrogens with zero attached hydrogens (tertiary/aromatic N) is 3. The van der Waals surface area contributed by atoms with Crippen molar-refractivity contribution >= 4 is 12.2 Å². The van der Waals surface area contributed by atoms with Gasteiger partial charge in [-0.2, -0.15) is 0 Å². The lowest BCUT2D eigenvalue weighted by atomic mass is 10.0. The van der Waals surface area contributed by atoms with Crippen LogP contribution in [-0.2, 0) is 9.47 Å². The van der Waals surface area contributed by atoms with Crippen LogP contribution in [0.1, 0.15) is 48.0 Å². The summed E-state index contributed by atoms with van der Waals surface area (Å²) >= 11 is 0. The molecule has 2 aliphatic rings. The molecule has 7 nitrogen and oxygen atoms in total. The monoisotopic (exact) mass is 327 g/mol. The fraction of sp³-hybridized carbons (Fsp3) is 0.875. The van der Waals surface area contributed by atoms with Gasteiger partial charge < -0.3 is 14.4 Å². The highest BCUT2D eigenvalue weighted by Crippen LogP contribution is 2.32. The summed E-state index contributed by atoms with van der Waals surface area (Å²) in [6.45, 7) is 12.3. The van der Waals surface area contributed by atoms with Gasteiger partial charge in [-0.05, 0) is 55.0 Å². The van der Waals surface area contributed by atoms with Crippen LogP contribution in [-0.4, -0.2) is 70.5 Å². The summed E-state index contributed by atoms with van der Waals surface area (Å²) in [5, 5.41) is 2.90.